The third-order valence-electron chi connectivity index (χ3n) is 1.73. The smallest absolute Gasteiger partial charge is 0.0635 e. The fraction of sp³-hybridized carbons (Fsp3) is 0.857. The minimum atomic E-state index is 0.605. The van der Waals surface area contributed by atoms with Gasteiger partial charge in [0.1, 0.15) is 0 Å². The minimum absolute atomic E-state index is 0.605. The van der Waals surface area contributed by atoms with Crippen molar-refractivity contribution in [2.24, 2.45) is 0 Å². The Hall–Kier alpha value is -0.590. The zero-order valence-corrected chi connectivity index (χ0v) is 6.06. The van der Waals surface area contributed by atoms with Crippen molar-refractivity contribution in [3.63, 3.8) is 0 Å². The van der Waals surface area contributed by atoms with Crippen LogP contribution in [0.4, 0.5) is 0 Å². The summed E-state index contributed by atoms with van der Waals surface area (Å²) < 4.78 is 0. The first-order valence-corrected chi connectivity index (χ1v) is 3.74. The van der Waals surface area contributed by atoms with Gasteiger partial charge in [0, 0.05) is 25.6 Å². The Bertz CT molecular complexity index is 121. The highest BCUT2D eigenvalue weighted by molar-refractivity contribution is 4.79. The van der Waals surface area contributed by atoms with E-state index >= 15 is 0 Å². The average molecular weight is 139 g/mol. The summed E-state index contributed by atoms with van der Waals surface area (Å²) >= 11 is 0. The summed E-state index contributed by atoms with van der Waals surface area (Å²) in [6.07, 6.45) is 1.82. The highest BCUT2D eigenvalue weighted by atomic mass is 15.0. The van der Waals surface area contributed by atoms with Crippen LogP contribution in [-0.2, 0) is 0 Å². The predicted molar refractivity (Wildman–Crippen MR) is 39.5 cm³/mol. The standard InChI is InChI=1S/C7H13N3/c8-3-1-4-10-7-2-5-9-6-7/h7,9-10H,1-2,4-6H2/t7-/m1/s1. The Morgan fingerprint density at radius 3 is 3.20 bits per heavy atom. The molecule has 56 valence electrons. The van der Waals surface area contributed by atoms with Crippen LogP contribution in [0.15, 0.2) is 0 Å². The average Bonchev–Trinajstić information content (AvgIpc) is 2.41. The normalized spacial score (nSPS) is 24.5. The Morgan fingerprint density at radius 1 is 1.70 bits per heavy atom. The number of nitriles is 1. The first-order valence-electron chi connectivity index (χ1n) is 3.74. The molecule has 1 heterocycles. The van der Waals surface area contributed by atoms with Gasteiger partial charge in [-0.15, -0.1) is 0 Å². The van der Waals surface area contributed by atoms with E-state index in [0.29, 0.717) is 12.5 Å². The summed E-state index contributed by atoms with van der Waals surface area (Å²) in [7, 11) is 0. The van der Waals surface area contributed by atoms with E-state index in [1.54, 1.807) is 0 Å². The molecule has 1 rings (SSSR count). The van der Waals surface area contributed by atoms with Crippen molar-refractivity contribution < 1.29 is 0 Å². The maximum atomic E-state index is 8.23. The topological polar surface area (TPSA) is 47.9 Å². The second-order valence-corrected chi connectivity index (χ2v) is 2.55. The molecule has 3 nitrogen and oxygen atoms in total. The molecule has 0 unspecified atom stereocenters. The second kappa shape index (κ2) is 4.26. The van der Waals surface area contributed by atoms with Crippen LogP contribution in [0.5, 0.6) is 0 Å². The van der Waals surface area contributed by atoms with Gasteiger partial charge < -0.3 is 10.6 Å². The molecule has 0 amide bonds. The van der Waals surface area contributed by atoms with Crippen molar-refractivity contribution in [2.75, 3.05) is 19.6 Å². The Balaban J connectivity index is 1.97. The van der Waals surface area contributed by atoms with E-state index in [9.17, 15) is 0 Å². The van der Waals surface area contributed by atoms with Crippen LogP contribution in [0.2, 0.25) is 0 Å². The molecule has 0 saturated carbocycles. The maximum absolute atomic E-state index is 8.23. The lowest BCUT2D eigenvalue weighted by atomic mass is 10.2. The number of nitrogens with one attached hydrogen (secondary N) is 2. The van der Waals surface area contributed by atoms with Gasteiger partial charge in [0.15, 0.2) is 0 Å². The van der Waals surface area contributed by atoms with Crippen LogP contribution in [-0.4, -0.2) is 25.7 Å². The monoisotopic (exact) mass is 139 g/mol. The van der Waals surface area contributed by atoms with E-state index < -0.39 is 0 Å². The number of rotatable bonds is 3. The fourth-order valence-electron chi connectivity index (χ4n) is 1.16. The molecule has 1 aliphatic heterocycles. The van der Waals surface area contributed by atoms with Crippen LogP contribution in [0.1, 0.15) is 12.8 Å². The first-order chi connectivity index (χ1) is 4.93. The van der Waals surface area contributed by atoms with Crippen molar-refractivity contribution in [1.29, 1.82) is 5.26 Å². The van der Waals surface area contributed by atoms with Crippen LogP contribution < -0.4 is 10.6 Å². The molecule has 10 heavy (non-hydrogen) atoms. The van der Waals surface area contributed by atoms with Gasteiger partial charge >= 0.3 is 0 Å². The van der Waals surface area contributed by atoms with E-state index in [2.05, 4.69) is 16.7 Å². The van der Waals surface area contributed by atoms with Gasteiger partial charge in [-0.25, -0.2) is 0 Å². The lowest BCUT2D eigenvalue weighted by Gasteiger charge is -2.07. The lowest BCUT2D eigenvalue weighted by molar-refractivity contribution is 0.555. The van der Waals surface area contributed by atoms with E-state index in [-0.39, 0.29) is 0 Å². The minimum Gasteiger partial charge on any atom is -0.315 e. The lowest BCUT2D eigenvalue weighted by Crippen LogP contribution is -2.31. The summed E-state index contributed by atoms with van der Waals surface area (Å²) in [4.78, 5) is 0. The molecule has 0 bridgehead atoms. The summed E-state index contributed by atoms with van der Waals surface area (Å²) in [6, 6.07) is 2.71. The van der Waals surface area contributed by atoms with Crippen molar-refractivity contribution in [3.8, 4) is 6.07 Å². The fourth-order valence-corrected chi connectivity index (χ4v) is 1.16. The zero-order chi connectivity index (χ0) is 7.23. The summed E-state index contributed by atoms with van der Waals surface area (Å²) in [5, 5.41) is 14.8. The van der Waals surface area contributed by atoms with E-state index in [4.69, 9.17) is 5.26 Å². The zero-order valence-electron chi connectivity index (χ0n) is 6.06. The van der Waals surface area contributed by atoms with Gasteiger partial charge in [0.2, 0.25) is 0 Å². The third-order valence-corrected chi connectivity index (χ3v) is 1.73. The van der Waals surface area contributed by atoms with Gasteiger partial charge in [-0.2, -0.15) is 5.26 Å². The quantitative estimate of drug-likeness (QED) is 0.535. The molecule has 3 heteroatoms. The van der Waals surface area contributed by atoms with Crippen molar-refractivity contribution >= 4 is 0 Å². The molecule has 0 aromatic rings. The van der Waals surface area contributed by atoms with Crippen molar-refractivity contribution in [2.45, 2.75) is 18.9 Å². The molecule has 1 atom stereocenters. The molecule has 0 aromatic carbocycles. The predicted octanol–water partition coefficient (Wildman–Crippen LogP) is -0.148. The molecule has 0 radical (unpaired) electrons. The van der Waals surface area contributed by atoms with Crippen molar-refractivity contribution in [3.05, 3.63) is 0 Å². The van der Waals surface area contributed by atoms with E-state index in [1.807, 2.05) is 0 Å². The largest absolute Gasteiger partial charge is 0.315 e. The molecular formula is C7H13N3. The number of hydrogen-bond donors (Lipinski definition) is 2. The Labute approximate surface area is 61.4 Å². The Morgan fingerprint density at radius 2 is 2.60 bits per heavy atom. The van der Waals surface area contributed by atoms with Gasteiger partial charge in [-0.05, 0) is 13.0 Å². The summed E-state index contributed by atoms with van der Waals surface area (Å²) in [5.74, 6) is 0. The number of hydrogen-bond acceptors (Lipinski definition) is 3. The highest BCUT2D eigenvalue weighted by Gasteiger charge is 2.11. The molecule has 2 N–H and O–H groups in total. The highest BCUT2D eigenvalue weighted by Crippen LogP contribution is 1.95. The van der Waals surface area contributed by atoms with Gasteiger partial charge in [-0.3, -0.25) is 0 Å². The van der Waals surface area contributed by atoms with Crippen molar-refractivity contribution in [1.82, 2.24) is 10.6 Å². The molecule has 0 aromatic heterocycles. The SMILES string of the molecule is N#CCCN[C@@H]1CCNC1. The first kappa shape index (κ1) is 7.52. The Kier molecular flexibility index (Phi) is 3.20. The molecule has 1 saturated heterocycles. The molecule has 0 aliphatic carbocycles. The van der Waals surface area contributed by atoms with Crippen LogP contribution in [0.3, 0.4) is 0 Å². The molecule has 1 fully saturated rings. The number of nitrogens with zero attached hydrogens (tertiary/aromatic N) is 1. The van der Waals surface area contributed by atoms with Gasteiger partial charge in [0.25, 0.3) is 0 Å². The summed E-state index contributed by atoms with van der Waals surface area (Å²) in [6.45, 7) is 3.01. The van der Waals surface area contributed by atoms with Crippen LogP contribution >= 0.6 is 0 Å². The second-order valence-electron chi connectivity index (χ2n) is 2.55. The molecular weight excluding hydrogens is 126 g/mol. The molecule has 1 aliphatic rings. The third kappa shape index (κ3) is 2.34. The van der Waals surface area contributed by atoms with E-state index in [1.165, 1.54) is 6.42 Å². The summed E-state index contributed by atoms with van der Waals surface area (Å²) in [5.41, 5.74) is 0. The van der Waals surface area contributed by atoms with Gasteiger partial charge in [0.05, 0.1) is 6.07 Å². The van der Waals surface area contributed by atoms with Crippen LogP contribution in [0.25, 0.3) is 0 Å². The van der Waals surface area contributed by atoms with Crippen LogP contribution in [0, 0.1) is 11.3 Å². The maximum Gasteiger partial charge on any atom is 0.0635 e. The van der Waals surface area contributed by atoms with Gasteiger partial charge in [-0.1, -0.05) is 0 Å². The van der Waals surface area contributed by atoms with E-state index in [0.717, 1.165) is 19.6 Å². The molecule has 0 spiro atoms.